The molecule has 1 heterocycles. The van der Waals surface area contributed by atoms with E-state index in [2.05, 4.69) is 5.32 Å². The van der Waals surface area contributed by atoms with Crippen molar-refractivity contribution < 1.29 is 23.5 Å². The van der Waals surface area contributed by atoms with E-state index >= 15 is 0 Å². The number of carbonyl (C=O) groups excluding carboxylic acids is 1. The van der Waals surface area contributed by atoms with E-state index in [1.54, 1.807) is 31.3 Å². The molecule has 1 aromatic heterocycles. The molecule has 0 aliphatic carbocycles. The van der Waals surface area contributed by atoms with Gasteiger partial charge in [-0.25, -0.2) is 8.78 Å². The van der Waals surface area contributed by atoms with E-state index in [-0.39, 0.29) is 24.0 Å². The van der Waals surface area contributed by atoms with Gasteiger partial charge in [0.15, 0.2) is 0 Å². The van der Waals surface area contributed by atoms with Crippen molar-refractivity contribution in [1.29, 1.82) is 0 Å². The minimum Gasteiger partial charge on any atom is -0.481 e. The number of rotatable bonds is 11. The summed E-state index contributed by atoms with van der Waals surface area (Å²) in [4.78, 5) is 38.6. The molecule has 196 valence electrons. The third kappa shape index (κ3) is 7.12. The molecule has 0 bridgehead atoms. The monoisotopic (exact) mass is 510 g/mol. The van der Waals surface area contributed by atoms with Crippen LogP contribution in [0, 0.1) is 25.5 Å². The molecule has 0 saturated carbocycles. The number of aryl methyl sites for hydroxylation is 2. The van der Waals surface area contributed by atoms with Crippen LogP contribution in [0.4, 0.5) is 8.78 Å². The number of aromatic nitrogens is 1. The molecule has 8 heteroatoms. The van der Waals surface area contributed by atoms with Crippen molar-refractivity contribution in [2.75, 3.05) is 0 Å². The van der Waals surface area contributed by atoms with Gasteiger partial charge >= 0.3 is 5.97 Å². The molecule has 6 nitrogen and oxygen atoms in total. The molecule has 0 radical (unpaired) electrons. The standard InChI is InChI=1S/C29H32F2N2O4/c1-4-5-9-26(28(36)32-25(16-27(34)35)20-12-10-18(2)11-13-20)33-17-19(3)14-21(29(33)37)15-22-23(30)7-6-8-24(22)31/h6-8,10-14,17,25-26H,4-5,9,15-16H2,1-3H3,(H,32,36)(H,34,35)/t25-,26+/m0/s1. The fourth-order valence-electron chi connectivity index (χ4n) is 4.35. The SMILES string of the molecule is CCCC[C@H](C(=O)N[C@@H](CC(=O)O)c1ccc(C)cc1)n1cc(C)cc(Cc2c(F)cccc2F)c1=O. The summed E-state index contributed by atoms with van der Waals surface area (Å²) in [6.07, 6.45) is 2.73. The number of nitrogens with zero attached hydrogens (tertiary/aromatic N) is 1. The first-order valence-corrected chi connectivity index (χ1v) is 12.3. The predicted molar refractivity (Wildman–Crippen MR) is 137 cm³/mol. The quantitative estimate of drug-likeness (QED) is 0.362. The predicted octanol–water partition coefficient (Wildman–Crippen LogP) is 5.40. The fourth-order valence-corrected chi connectivity index (χ4v) is 4.35. The van der Waals surface area contributed by atoms with Gasteiger partial charge in [-0.3, -0.25) is 14.4 Å². The first-order valence-electron chi connectivity index (χ1n) is 12.3. The Morgan fingerprint density at radius 2 is 1.68 bits per heavy atom. The van der Waals surface area contributed by atoms with Crippen LogP contribution < -0.4 is 10.9 Å². The molecule has 0 unspecified atom stereocenters. The summed E-state index contributed by atoms with van der Waals surface area (Å²) in [7, 11) is 0. The Kier molecular flexibility index (Phi) is 9.33. The molecule has 0 saturated heterocycles. The Morgan fingerprint density at radius 1 is 1.03 bits per heavy atom. The average molecular weight is 511 g/mol. The van der Waals surface area contributed by atoms with Gasteiger partial charge < -0.3 is 15.0 Å². The summed E-state index contributed by atoms with van der Waals surface area (Å²) in [6, 6.07) is 10.6. The van der Waals surface area contributed by atoms with Crippen molar-refractivity contribution in [3.05, 3.63) is 105 Å². The molecule has 2 N–H and O–H groups in total. The lowest BCUT2D eigenvalue weighted by Gasteiger charge is -2.24. The van der Waals surface area contributed by atoms with Crippen LogP contribution in [-0.4, -0.2) is 21.6 Å². The van der Waals surface area contributed by atoms with Crippen molar-refractivity contribution in [2.24, 2.45) is 0 Å². The van der Waals surface area contributed by atoms with Gasteiger partial charge in [0.05, 0.1) is 12.5 Å². The number of nitrogens with one attached hydrogen (secondary N) is 1. The molecule has 0 spiro atoms. The lowest BCUT2D eigenvalue weighted by molar-refractivity contribution is -0.138. The smallest absolute Gasteiger partial charge is 0.305 e. The Morgan fingerprint density at radius 3 is 2.27 bits per heavy atom. The van der Waals surface area contributed by atoms with E-state index in [0.717, 1.165) is 24.1 Å². The van der Waals surface area contributed by atoms with Gasteiger partial charge in [0, 0.05) is 23.7 Å². The molecule has 3 aromatic rings. The molecule has 3 rings (SSSR count). The molecule has 2 aromatic carbocycles. The van der Waals surface area contributed by atoms with Gasteiger partial charge in [-0.05, 0) is 49.6 Å². The third-order valence-electron chi connectivity index (χ3n) is 6.33. The maximum Gasteiger partial charge on any atom is 0.305 e. The Balaban J connectivity index is 1.99. The molecule has 1 amide bonds. The van der Waals surface area contributed by atoms with Crippen LogP contribution in [0.5, 0.6) is 0 Å². The highest BCUT2D eigenvalue weighted by Gasteiger charge is 2.27. The molecule has 0 aliphatic heterocycles. The second-order valence-electron chi connectivity index (χ2n) is 9.36. The van der Waals surface area contributed by atoms with Crippen molar-refractivity contribution in [3.8, 4) is 0 Å². The van der Waals surface area contributed by atoms with Gasteiger partial charge in [-0.15, -0.1) is 0 Å². The normalized spacial score (nSPS) is 12.7. The molecule has 2 atom stereocenters. The van der Waals surface area contributed by atoms with E-state index in [0.29, 0.717) is 24.0 Å². The summed E-state index contributed by atoms with van der Waals surface area (Å²) in [6.45, 7) is 5.61. The summed E-state index contributed by atoms with van der Waals surface area (Å²) in [5.74, 6) is -3.06. The number of carbonyl (C=O) groups is 2. The van der Waals surface area contributed by atoms with Crippen LogP contribution in [0.3, 0.4) is 0 Å². The van der Waals surface area contributed by atoms with Gasteiger partial charge in [-0.2, -0.15) is 0 Å². The van der Waals surface area contributed by atoms with E-state index < -0.39 is 41.2 Å². The van der Waals surface area contributed by atoms with Crippen LogP contribution >= 0.6 is 0 Å². The van der Waals surface area contributed by atoms with Gasteiger partial charge in [0.2, 0.25) is 5.91 Å². The lowest BCUT2D eigenvalue weighted by atomic mass is 10.00. The average Bonchev–Trinajstić information content (AvgIpc) is 2.84. The number of benzene rings is 2. The Hall–Kier alpha value is -3.81. The lowest BCUT2D eigenvalue weighted by Crippen LogP contribution is -2.40. The van der Waals surface area contributed by atoms with Crippen molar-refractivity contribution in [1.82, 2.24) is 9.88 Å². The summed E-state index contributed by atoms with van der Waals surface area (Å²) in [5, 5.41) is 12.3. The summed E-state index contributed by atoms with van der Waals surface area (Å²) < 4.78 is 29.9. The zero-order valence-electron chi connectivity index (χ0n) is 21.3. The van der Waals surface area contributed by atoms with E-state index in [9.17, 15) is 28.3 Å². The number of carboxylic acid groups (broad SMARTS) is 1. The summed E-state index contributed by atoms with van der Waals surface area (Å²) >= 11 is 0. The topological polar surface area (TPSA) is 88.4 Å². The van der Waals surface area contributed by atoms with Crippen molar-refractivity contribution in [2.45, 2.75) is 65.0 Å². The number of hydrogen-bond acceptors (Lipinski definition) is 3. The number of carboxylic acids is 1. The Bertz CT molecular complexity index is 1300. The number of unbranched alkanes of at least 4 members (excludes halogenated alkanes) is 1. The van der Waals surface area contributed by atoms with Crippen LogP contribution in [-0.2, 0) is 16.0 Å². The second kappa shape index (κ2) is 12.4. The number of aliphatic carboxylic acids is 1. The zero-order chi connectivity index (χ0) is 27.1. The van der Waals surface area contributed by atoms with Crippen LogP contribution in [0.15, 0.2) is 59.5 Å². The molecule has 0 fully saturated rings. The molecule has 37 heavy (non-hydrogen) atoms. The number of hydrogen-bond donors (Lipinski definition) is 2. The first kappa shape index (κ1) is 27.8. The first-order chi connectivity index (χ1) is 17.6. The maximum atomic E-state index is 14.3. The summed E-state index contributed by atoms with van der Waals surface area (Å²) in [5.41, 5.74) is 1.72. The molecular formula is C29H32F2N2O4. The molecule has 0 aliphatic rings. The minimum atomic E-state index is -1.07. The minimum absolute atomic E-state index is 0.166. The number of pyridine rings is 1. The van der Waals surface area contributed by atoms with E-state index in [1.165, 1.54) is 10.6 Å². The van der Waals surface area contributed by atoms with Crippen LogP contribution in [0.1, 0.15) is 72.5 Å². The highest BCUT2D eigenvalue weighted by molar-refractivity contribution is 5.81. The number of halogens is 2. The van der Waals surface area contributed by atoms with Crippen LogP contribution in [0.2, 0.25) is 0 Å². The largest absolute Gasteiger partial charge is 0.481 e. The fraction of sp³-hybridized carbons (Fsp3) is 0.345. The van der Waals surface area contributed by atoms with Gasteiger partial charge in [-0.1, -0.05) is 55.7 Å². The molecular weight excluding hydrogens is 478 g/mol. The highest BCUT2D eigenvalue weighted by Crippen LogP contribution is 2.22. The maximum absolute atomic E-state index is 14.3. The van der Waals surface area contributed by atoms with Gasteiger partial charge in [0.1, 0.15) is 17.7 Å². The zero-order valence-corrected chi connectivity index (χ0v) is 21.3. The third-order valence-corrected chi connectivity index (χ3v) is 6.33. The van der Waals surface area contributed by atoms with Crippen molar-refractivity contribution in [3.63, 3.8) is 0 Å². The van der Waals surface area contributed by atoms with Crippen molar-refractivity contribution >= 4 is 11.9 Å². The number of amides is 1. The van der Waals surface area contributed by atoms with Gasteiger partial charge in [0.25, 0.3) is 5.56 Å². The Labute approximate surface area is 215 Å². The van der Waals surface area contributed by atoms with Crippen LogP contribution in [0.25, 0.3) is 0 Å². The second-order valence-corrected chi connectivity index (χ2v) is 9.36. The van der Waals surface area contributed by atoms with E-state index in [4.69, 9.17) is 0 Å². The highest BCUT2D eigenvalue weighted by atomic mass is 19.1. The van der Waals surface area contributed by atoms with E-state index in [1.807, 2.05) is 26.0 Å².